The van der Waals surface area contributed by atoms with Crippen molar-refractivity contribution in [2.45, 2.75) is 13.8 Å². The molecule has 0 saturated carbocycles. The molecule has 7 heteroatoms. The van der Waals surface area contributed by atoms with E-state index < -0.39 is 4.92 Å². The van der Waals surface area contributed by atoms with Crippen LogP contribution >= 0.6 is 0 Å². The highest BCUT2D eigenvalue weighted by Gasteiger charge is 2.19. The van der Waals surface area contributed by atoms with Crippen LogP contribution in [0, 0.1) is 24.0 Å². The molecule has 2 aromatic heterocycles. The number of fused-ring (bicyclic) bond motifs is 2. The van der Waals surface area contributed by atoms with Crippen LogP contribution in [-0.2, 0) is 0 Å². The summed E-state index contributed by atoms with van der Waals surface area (Å²) < 4.78 is 1.98. The Morgan fingerprint density at radius 1 is 0.867 bits per heavy atom. The van der Waals surface area contributed by atoms with Crippen LogP contribution in [0.25, 0.3) is 39.4 Å². The van der Waals surface area contributed by atoms with Gasteiger partial charge >= 0.3 is 0 Å². The Morgan fingerprint density at radius 3 is 2.23 bits per heavy atom. The lowest BCUT2D eigenvalue weighted by molar-refractivity contribution is -0.384. The fourth-order valence-corrected chi connectivity index (χ4v) is 3.67. The number of nitro groups is 1. The van der Waals surface area contributed by atoms with Crippen LogP contribution in [0.2, 0.25) is 0 Å². The first-order valence-electron chi connectivity index (χ1n) is 9.49. The van der Waals surface area contributed by atoms with Crippen LogP contribution in [0.3, 0.4) is 0 Å². The van der Waals surface area contributed by atoms with Crippen LogP contribution in [0.4, 0.5) is 5.69 Å². The van der Waals surface area contributed by atoms with E-state index in [1.807, 2.05) is 54.8 Å². The van der Waals surface area contributed by atoms with E-state index in [1.165, 1.54) is 12.1 Å². The summed E-state index contributed by atoms with van der Waals surface area (Å²) in [6.45, 7) is 4.09. The van der Waals surface area contributed by atoms with Gasteiger partial charge in [-0.15, -0.1) is 0 Å². The molecule has 0 fully saturated rings. The van der Waals surface area contributed by atoms with Crippen molar-refractivity contribution in [1.29, 1.82) is 0 Å². The first kappa shape index (κ1) is 17.9. The quantitative estimate of drug-likeness (QED) is 0.311. The Hall–Kier alpha value is -4.13. The van der Waals surface area contributed by atoms with Crippen molar-refractivity contribution < 1.29 is 4.92 Å². The highest BCUT2D eigenvalue weighted by molar-refractivity contribution is 5.86. The summed E-state index contributed by atoms with van der Waals surface area (Å²) in [5.74, 6) is 0.641. The molecule has 0 radical (unpaired) electrons. The van der Waals surface area contributed by atoms with E-state index in [1.54, 1.807) is 12.1 Å². The molecule has 0 spiro atoms. The van der Waals surface area contributed by atoms with E-state index >= 15 is 0 Å². The molecule has 0 atom stereocenters. The van der Waals surface area contributed by atoms with E-state index in [9.17, 15) is 10.1 Å². The molecule has 3 aromatic carbocycles. The minimum atomic E-state index is -0.410. The molecule has 0 aliphatic carbocycles. The molecule has 0 unspecified atom stereocenters. The van der Waals surface area contributed by atoms with Crippen molar-refractivity contribution in [3.8, 4) is 17.1 Å². The van der Waals surface area contributed by atoms with Gasteiger partial charge in [-0.1, -0.05) is 29.8 Å². The molecule has 0 aliphatic rings. The van der Waals surface area contributed by atoms with Crippen LogP contribution in [-0.4, -0.2) is 24.4 Å². The number of imidazole rings is 1. The predicted molar refractivity (Wildman–Crippen MR) is 116 cm³/mol. The van der Waals surface area contributed by atoms with Crippen molar-refractivity contribution in [1.82, 2.24) is 19.5 Å². The largest absolute Gasteiger partial charge is 0.275 e. The number of rotatable bonds is 3. The van der Waals surface area contributed by atoms with Crippen molar-refractivity contribution in [2.24, 2.45) is 0 Å². The third-order valence-electron chi connectivity index (χ3n) is 5.10. The summed E-state index contributed by atoms with van der Waals surface area (Å²) >= 11 is 0. The Kier molecular flexibility index (Phi) is 4.03. The van der Waals surface area contributed by atoms with Gasteiger partial charge in [-0.3, -0.25) is 14.7 Å². The first-order chi connectivity index (χ1) is 14.5. The third kappa shape index (κ3) is 2.88. The second-order valence-electron chi connectivity index (χ2n) is 7.22. The summed E-state index contributed by atoms with van der Waals surface area (Å²) in [7, 11) is 0. The van der Waals surface area contributed by atoms with Crippen molar-refractivity contribution in [3.05, 3.63) is 88.0 Å². The van der Waals surface area contributed by atoms with Crippen LogP contribution in [0.15, 0.2) is 66.7 Å². The number of para-hydroxylation sites is 2. The summed E-state index contributed by atoms with van der Waals surface area (Å²) in [6.07, 6.45) is 0. The number of nitrogens with zero attached hydrogens (tertiary/aromatic N) is 5. The summed E-state index contributed by atoms with van der Waals surface area (Å²) in [4.78, 5) is 24.9. The summed E-state index contributed by atoms with van der Waals surface area (Å²) in [5, 5.41) is 11.1. The predicted octanol–water partition coefficient (Wildman–Crippen LogP) is 5.16. The van der Waals surface area contributed by atoms with Gasteiger partial charge in [0.15, 0.2) is 11.3 Å². The van der Waals surface area contributed by atoms with E-state index in [4.69, 9.17) is 15.0 Å². The number of benzene rings is 3. The number of aromatic nitrogens is 4. The van der Waals surface area contributed by atoms with Crippen LogP contribution in [0.5, 0.6) is 0 Å². The molecule has 7 nitrogen and oxygen atoms in total. The molecule has 5 rings (SSSR count). The monoisotopic (exact) mass is 395 g/mol. The minimum Gasteiger partial charge on any atom is -0.275 e. The van der Waals surface area contributed by atoms with Gasteiger partial charge in [0.1, 0.15) is 5.82 Å². The van der Waals surface area contributed by atoms with E-state index in [-0.39, 0.29) is 5.69 Å². The summed E-state index contributed by atoms with van der Waals surface area (Å²) in [5.41, 5.74) is 6.70. The Balaban J connectivity index is 1.84. The van der Waals surface area contributed by atoms with Gasteiger partial charge in [0, 0.05) is 17.7 Å². The lowest BCUT2D eigenvalue weighted by atomic mass is 10.1. The van der Waals surface area contributed by atoms with Crippen LogP contribution in [0.1, 0.15) is 11.1 Å². The fourth-order valence-electron chi connectivity index (χ4n) is 3.67. The van der Waals surface area contributed by atoms with Crippen molar-refractivity contribution in [2.75, 3.05) is 0 Å². The van der Waals surface area contributed by atoms with Crippen molar-refractivity contribution in [3.63, 3.8) is 0 Å². The van der Waals surface area contributed by atoms with Gasteiger partial charge in [-0.05, 0) is 49.7 Å². The molecule has 0 aliphatic heterocycles. The zero-order chi connectivity index (χ0) is 20.8. The SMILES string of the molecule is Cc1ccc(-n2c(-c3ccc([N+](=O)[O-])cc3)nc3nc4ccccc4nc32)c(C)c1. The zero-order valence-corrected chi connectivity index (χ0v) is 16.4. The average Bonchev–Trinajstić information content (AvgIpc) is 3.10. The van der Waals surface area contributed by atoms with E-state index in [0.717, 1.165) is 33.4 Å². The molecule has 0 saturated heterocycles. The molecule has 5 aromatic rings. The second kappa shape index (κ2) is 6.73. The van der Waals surface area contributed by atoms with Crippen LogP contribution < -0.4 is 0 Å². The van der Waals surface area contributed by atoms with Gasteiger partial charge in [0.05, 0.1) is 21.6 Å². The topological polar surface area (TPSA) is 86.7 Å². The van der Waals surface area contributed by atoms with Gasteiger partial charge in [0.2, 0.25) is 0 Å². The Labute approximate surface area is 171 Å². The molecule has 0 amide bonds. The molecule has 30 heavy (non-hydrogen) atoms. The first-order valence-corrected chi connectivity index (χ1v) is 9.49. The average molecular weight is 395 g/mol. The molecular formula is C23H17N5O2. The van der Waals surface area contributed by atoms with Gasteiger partial charge in [-0.2, -0.15) is 0 Å². The van der Waals surface area contributed by atoms with Gasteiger partial charge in [-0.25, -0.2) is 15.0 Å². The highest BCUT2D eigenvalue weighted by Crippen LogP contribution is 2.30. The molecule has 0 bridgehead atoms. The number of non-ortho nitro benzene ring substituents is 1. The lowest BCUT2D eigenvalue weighted by Crippen LogP contribution is -2.02. The molecule has 0 N–H and O–H groups in total. The number of aryl methyl sites for hydroxylation is 2. The Bertz CT molecular complexity index is 1440. The van der Waals surface area contributed by atoms with Crippen molar-refractivity contribution >= 4 is 28.0 Å². The molecule has 2 heterocycles. The summed E-state index contributed by atoms with van der Waals surface area (Å²) in [6, 6.07) is 20.2. The second-order valence-corrected chi connectivity index (χ2v) is 7.22. The maximum Gasteiger partial charge on any atom is 0.269 e. The standard InChI is InChI=1S/C23H17N5O2/c1-14-7-12-20(15(2)13-14)27-22(16-8-10-17(11-9-16)28(29)30)26-21-23(27)25-19-6-4-3-5-18(19)24-21/h3-13H,1-2H3. The van der Waals surface area contributed by atoms with E-state index in [0.29, 0.717) is 17.1 Å². The Morgan fingerprint density at radius 2 is 1.57 bits per heavy atom. The van der Waals surface area contributed by atoms with Gasteiger partial charge < -0.3 is 0 Å². The maximum absolute atomic E-state index is 11.1. The highest BCUT2D eigenvalue weighted by atomic mass is 16.6. The minimum absolute atomic E-state index is 0.0370. The number of nitro benzene ring substituents is 1. The van der Waals surface area contributed by atoms with E-state index in [2.05, 4.69) is 6.07 Å². The normalized spacial score (nSPS) is 11.3. The lowest BCUT2D eigenvalue weighted by Gasteiger charge is -2.12. The fraction of sp³-hybridized carbons (Fsp3) is 0.0870. The maximum atomic E-state index is 11.1. The smallest absolute Gasteiger partial charge is 0.269 e. The molecule has 146 valence electrons. The number of hydrogen-bond acceptors (Lipinski definition) is 5. The van der Waals surface area contributed by atoms with Gasteiger partial charge in [0.25, 0.3) is 5.69 Å². The molecular weight excluding hydrogens is 378 g/mol. The third-order valence-corrected chi connectivity index (χ3v) is 5.10. The number of hydrogen-bond donors (Lipinski definition) is 0. The zero-order valence-electron chi connectivity index (χ0n) is 16.4.